The number of nitrogens with zero attached hydrogens (tertiary/aromatic N) is 5. The average molecular weight is 301 g/mol. The van der Waals surface area contributed by atoms with E-state index in [1.165, 1.54) is 10.7 Å². The highest BCUT2D eigenvalue weighted by Gasteiger charge is 2.17. The molecule has 0 fully saturated rings. The Kier molecular flexibility index (Phi) is 3.47. The average Bonchev–Trinajstić information content (AvgIpc) is 3.03. The molecule has 3 N–H and O–H groups in total. The number of rotatable bonds is 4. The second-order valence-electron chi connectivity index (χ2n) is 4.73. The Morgan fingerprint density at radius 2 is 2.32 bits per heavy atom. The minimum Gasteiger partial charge on any atom is -0.384 e. The molecular weight excluding hydrogens is 286 g/mol. The van der Waals surface area contributed by atoms with Crippen molar-refractivity contribution in [2.45, 2.75) is 6.61 Å². The van der Waals surface area contributed by atoms with Crippen molar-refractivity contribution in [2.24, 2.45) is 7.05 Å². The van der Waals surface area contributed by atoms with Crippen LogP contribution in [-0.2, 0) is 18.4 Å². The highest BCUT2D eigenvalue weighted by Crippen LogP contribution is 2.17. The summed E-state index contributed by atoms with van der Waals surface area (Å²) in [4.78, 5) is 16.6. The number of aryl methyl sites for hydroxylation is 1. The molecule has 0 bridgehead atoms. The van der Waals surface area contributed by atoms with E-state index in [2.05, 4.69) is 20.5 Å². The monoisotopic (exact) mass is 301 g/mol. The van der Waals surface area contributed by atoms with Gasteiger partial charge in [-0.3, -0.25) is 9.48 Å². The molecule has 22 heavy (non-hydrogen) atoms. The van der Waals surface area contributed by atoms with E-state index in [0.29, 0.717) is 35.0 Å². The fourth-order valence-corrected chi connectivity index (χ4v) is 2.11. The topological polar surface area (TPSA) is 112 Å². The second kappa shape index (κ2) is 5.45. The van der Waals surface area contributed by atoms with Crippen LogP contribution < -0.4 is 11.1 Å². The summed E-state index contributed by atoms with van der Waals surface area (Å²) in [5.74, 6) is -0.0121. The van der Waals surface area contributed by atoms with E-state index < -0.39 is 0 Å². The third-order valence-corrected chi connectivity index (χ3v) is 3.07. The van der Waals surface area contributed by atoms with Gasteiger partial charge >= 0.3 is 0 Å². The Hall–Kier alpha value is -2.94. The van der Waals surface area contributed by atoms with Crippen molar-refractivity contribution in [2.75, 3.05) is 18.2 Å². The molecule has 3 heterocycles. The molecule has 9 heteroatoms. The number of fused-ring (bicyclic) bond motifs is 1. The van der Waals surface area contributed by atoms with Gasteiger partial charge in [0.05, 0.1) is 18.5 Å². The fraction of sp³-hybridized carbons (Fsp3) is 0.231. The van der Waals surface area contributed by atoms with Gasteiger partial charge in [-0.15, -0.1) is 0 Å². The number of aromatic nitrogens is 5. The smallest absolute Gasteiger partial charge is 0.261 e. The Labute approximate surface area is 125 Å². The van der Waals surface area contributed by atoms with E-state index in [4.69, 9.17) is 10.5 Å². The van der Waals surface area contributed by atoms with Gasteiger partial charge in [0.1, 0.15) is 17.1 Å². The number of carbonyl (C=O) groups excluding carboxylic acids is 1. The van der Waals surface area contributed by atoms with Crippen molar-refractivity contribution < 1.29 is 9.53 Å². The number of hydrogen-bond acceptors (Lipinski definition) is 6. The number of anilines is 2. The van der Waals surface area contributed by atoms with E-state index in [1.807, 2.05) is 0 Å². The summed E-state index contributed by atoms with van der Waals surface area (Å²) in [5.41, 5.74) is 7.61. The first-order chi connectivity index (χ1) is 10.6. The minimum atomic E-state index is -0.335. The van der Waals surface area contributed by atoms with Crippen LogP contribution in [0.25, 0.3) is 5.65 Å². The predicted molar refractivity (Wildman–Crippen MR) is 79.3 cm³/mol. The van der Waals surface area contributed by atoms with Crippen LogP contribution in [0, 0.1) is 0 Å². The number of carbonyl (C=O) groups is 1. The predicted octanol–water partition coefficient (Wildman–Crippen LogP) is 0.444. The number of nitrogens with one attached hydrogen (secondary N) is 1. The lowest BCUT2D eigenvalue weighted by Gasteiger charge is -2.03. The van der Waals surface area contributed by atoms with E-state index in [0.717, 1.165) is 0 Å². The van der Waals surface area contributed by atoms with Crippen LogP contribution in [0.4, 0.5) is 11.5 Å². The summed E-state index contributed by atoms with van der Waals surface area (Å²) in [6.07, 6.45) is 4.80. The third-order valence-electron chi connectivity index (χ3n) is 3.07. The maximum Gasteiger partial charge on any atom is 0.261 e. The van der Waals surface area contributed by atoms with E-state index >= 15 is 0 Å². The zero-order valence-electron chi connectivity index (χ0n) is 12.1. The standard InChI is InChI=1S/C13H15N7O2/c1-19-6-9(10(18-19)7-22-2)16-13(21)8-5-15-20-4-3-11(14)17-12(8)20/h3-6H,7H2,1-2H3,(H2,14,17)(H,16,21). The van der Waals surface area contributed by atoms with Crippen LogP contribution in [0.15, 0.2) is 24.7 Å². The largest absolute Gasteiger partial charge is 0.384 e. The van der Waals surface area contributed by atoms with Crippen LogP contribution in [0.3, 0.4) is 0 Å². The molecule has 0 saturated carbocycles. The van der Waals surface area contributed by atoms with Crippen molar-refractivity contribution in [3.63, 3.8) is 0 Å². The lowest BCUT2D eigenvalue weighted by atomic mass is 10.3. The first kappa shape index (κ1) is 14.0. The normalized spacial score (nSPS) is 11.0. The van der Waals surface area contributed by atoms with Crippen molar-refractivity contribution in [3.05, 3.63) is 35.9 Å². The van der Waals surface area contributed by atoms with E-state index in [-0.39, 0.29) is 5.91 Å². The molecule has 0 atom stereocenters. The zero-order valence-corrected chi connectivity index (χ0v) is 12.1. The van der Waals surface area contributed by atoms with Gasteiger partial charge in [-0.1, -0.05) is 0 Å². The maximum absolute atomic E-state index is 12.4. The summed E-state index contributed by atoms with van der Waals surface area (Å²) in [7, 11) is 3.34. The van der Waals surface area contributed by atoms with E-state index in [1.54, 1.807) is 37.3 Å². The highest BCUT2D eigenvalue weighted by molar-refractivity contribution is 6.08. The number of methoxy groups -OCH3 is 1. The minimum absolute atomic E-state index is 0.302. The maximum atomic E-state index is 12.4. The molecule has 0 unspecified atom stereocenters. The van der Waals surface area contributed by atoms with Crippen molar-refractivity contribution in [1.82, 2.24) is 24.4 Å². The molecule has 0 saturated heterocycles. The van der Waals surface area contributed by atoms with Crippen LogP contribution in [0.1, 0.15) is 16.1 Å². The summed E-state index contributed by atoms with van der Waals surface area (Å²) in [6, 6.07) is 1.61. The van der Waals surface area contributed by atoms with Crippen LogP contribution in [0.5, 0.6) is 0 Å². The van der Waals surface area contributed by atoms with Crippen molar-refractivity contribution >= 4 is 23.1 Å². The lowest BCUT2D eigenvalue weighted by Crippen LogP contribution is -2.13. The first-order valence-corrected chi connectivity index (χ1v) is 6.51. The quantitative estimate of drug-likeness (QED) is 0.723. The Bertz CT molecular complexity index is 836. The van der Waals surface area contributed by atoms with Crippen molar-refractivity contribution in [1.29, 1.82) is 0 Å². The molecule has 3 aromatic heterocycles. The summed E-state index contributed by atoms with van der Waals surface area (Å²) < 4.78 is 8.17. The van der Waals surface area contributed by atoms with Gasteiger partial charge in [0, 0.05) is 26.6 Å². The molecule has 3 rings (SSSR count). The van der Waals surface area contributed by atoms with Gasteiger partial charge in [0.25, 0.3) is 5.91 Å². The zero-order chi connectivity index (χ0) is 15.7. The van der Waals surface area contributed by atoms with Gasteiger partial charge in [-0.25, -0.2) is 9.50 Å². The molecule has 0 radical (unpaired) electrons. The lowest BCUT2D eigenvalue weighted by molar-refractivity contribution is 0.102. The van der Waals surface area contributed by atoms with Gasteiger partial charge in [0.15, 0.2) is 5.65 Å². The third kappa shape index (κ3) is 2.49. The Morgan fingerprint density at radius 1 is 1.50 bits per heavy atom. The Morgan fingerprint density at radius 3 is 3.09 bits per heavy atom. The second-order valence-corrected chi connectivity index (χ2v) is 4.73. The SMILES string of the molecule is COCc1nn(C)cc1NC(=O)c1cnn2ccc(N)nc12. The van der Waals surface area contributed by atoms with Gasteiger partial charge < -0.3 is 15.8 Å². The molecule has 0 aliphatic carbocycles. The molecule has 0 spiro atoms. The van der Waals surface area contributed by atoms with Gasteiger partial charge in [-0.2, -0.15) is 10.2 Å². The molecule has 114 valence electrons. The summed E-state index contributed by atoms with van der Waals surface area (Å²) in [5, 5.41) is 11.1. The van der Waals surface area contributed by atoms with Crippen molar-refractivity contribution in [3.8, 4) is 0 Å². The van der Waals surface area contributed by atoms with Crippen LogP contribution >= 0.6 is 0 Å². The molecule has 0 aliphatic heterocycles. The van der Waals surface area contributed by atoms with Crippen LogP contribution in [-0.4, -0.2) is 37.4 Å². The molecule has 0 aliphatic rings. The summed E-state index contributed by atoms with van der Waals surface area (Å²) >= 11 is 0. The molecule has 0 aromatic carbocycles. The number of nitrogen functional groups attached to an aromatic ring is 1. The molecule has 9 nitrogen and oxygen atoms in total. The molecule has 1 amide bonds. The molecular formula is C13H15N7O2. The number of hydrogen-bond donors (Lipinski definition) is 2. The highest BCUT2D eigenvalue weighted by atomic mass is 16.5. The van der Waals surface area contributed by atoms with E-state index in [9.17, 15) is 4.79 Å². The van der Waals surface area contributed by atoms with Gasteiger partial charge in [0.2, 0.25) is 0 Å². The van der Waals surface area contributed by atoms with Crippen LogP contribution in [0.2, 0.25) is 0 Å². The number of amides is 1. The number of ether oxygens (including phenoxy) is 1. The first-order valence-electron chi connectivity index (χ1n) is 6.51. The number of nitrogens with two attached hydrogens (primary N) is 1. The molecule has 3 aromatic rings. The van der Waals surface area contributed by atoms with Gasteiger partial charge in [-0.05, 0) is 6.07 Å². The fourth-order valence-electron chi connectivity index (χ4n) is 2.11. The summed E-state index contributed by atoms with van der Waals surface area (Å²) in [6.45, 7) is 0.302. The Balaban J connectivity index is 1.92.